The summed E-state index contributed by atoms with van der Waals surface area (Å²) in [7, 11) is 0. The van der Waals surface area contributed by atoms with Gasteiger partial charge in [0.2, 0.25) is 0 Å². The number of anilines is 2. The summed E-state index contributed by atoms with van der Waals surface area (Å²) >= 11 is 0. The highest BCUT2D eigenvalue weighted by atomic mass is 19.1. The molecule has 11 heteroatoms. The number of hydrogen-bond acceptors (Lipinski definition) is 7. The van der Waals surface area contributed by atoms with Gasteiger partial charge < -0.3 is 14.5 Å². The Balaban J connectivity index is 1.26. The molecule has 0 bridgehead atoms. The second-order valence-corrected chi connectivity index (χ2v) is 9.04. The largest absolute Gasteiger partial charge is 0.378 e. The molecule has 0 N–H and O–H groups in total. The van der Waals surface area contributed by atoms with Crippen LogP contribution in [0.1, 0.15) is 29.5 Å². The summed E-state index contributed by atoms with van der Waals surface area (Å²) in [6.07, 6.45) is 7.66. The van der Waals surface area contributed by atoms with Gasteiger partial charge in [0.25, 0.3) is 0 Å². The van der Waals surface area contributed by atoms with Gasteiger partial charge in [0, 0.05) is 25.1 Å². The molecule has 5 heterocycles. The van der Waals surface area contributed by atoms with Crippen molar-refractivity contribution in [2.24, 2.45) is 0 Å². The molecule has 0 spiro atoms. The lowest BCUT2D eigenvalue weighted by Gasteiger charge is -2.28. The number of aromatic nitrogens is 5. The number of benzene rings is 1. The molecular weight excluding hydrogens is 483 g/mol. The first-order valence-electron chi connectivity index (χ1n) is 12.1. The highest BCUT2D eigenvalue weighted by Crippen LogP contribution is 2.38. The maximum Gasteiger partial charge on any atom is 0.154 e. The predicted octanol–water partition coefficient (Wildman–Crippen LogP) is 4.09. The number of imidazole rings is 1. The first-order chi connectivity index (χ1) is 18.0. The van der Waals surface area contributed by atoms with Crippen LogP contribution in [-0.2, 0) is 4.74 Å². The Kier molecular flexibility index (Phi) is 6.21. The van der Waals surface area contributed by atoms with Crippen LogP contribution >= 0.6 is 0 Å². The normalized spacial score (nSPS) is 20.4. The average molecular weight is 508 g/mol. The lowest BCUT2D eigenvalue weighted by atomic mass is 10.0. The first-order valence-corrected chi connectivity index (χ1v) is 12.1. The molecule has 190 valence electrons. The van der Waals surface area contributed by atoms with E-state index in [2.05, 4.69) is 25.0 Å². The Morgan fingerprint density at radius 2 is 1.76 bits per heavy atom. The van der Waals surface area contributed by atoms with E-state index in [9.17, 15) is 13.2 Å². The van der Waals surface area contributed by atoms with Crippen LogP contribution in [0.15, 0.2) is 48.9 Å². The van der Waals surface area contributed by atoms with Crippen molar-refractivity contribution in [3.63, 3.8) is 0 Å². The minimum absolute atomic E-state index is 0.0301. The van der Waals surface area contributed by atoms with E-state index >= 15 is 0 Å². The molecule has 0 amide bonds. The SMILES string of the molecule is Fc1ccc(F)c([C@H]2C[C@H](F)CN2c2ccc3ncc(/C=C/c4ncc(N5CCOCC5)cn4)n3n2)c1. The van der Waals surface area contributed by atoms with Gasteiger partial charge in [0.05, 0.1) is 55.8 Å². The quantitative estimate of drug-likeness (QED) is 0.403. The van der Waals surface area contributed by atoms with Crippen LogP contribution in [0, 0.1) is 11.6 Å². The Hall–Kier alpha value is -3.99. The molecule has 1 aromatic carbocycles. The summed E-state index contributed by atoms with van der Waals surface area (Å²) in [4.78, 5) is 17.1. The van der Waals surface area contributed by atoms with Gasteiger partial charge in [0.15, 0.2) is 11.5 Å². The van der Waals surface area contributed by atoms with Gasteiger partial charge in [-0.25, -0.2) is 32.6 Å². The van der Waals surface area contributed by atoms with Crippen LogP contribution in [0.2, 0.25) is 0 Å². The molecule has 8 nitrogen and oxygen atoms in total. The van der Waals surface area contributed by atoms with Crippen LogP contribution in [0.4, 0.5) is 24.7 Å². The number of ether oxygens (including phenoxy) is 1. The second kappa shape index (κ2) is 9.81. The van der Waals surface area contributed by atoms with E-state index in [4.69, 9.17) is 4.74 Å². The van der Waals surface area contributed by atoms with E-state index in [1.165, 1.54) is 0 Å². The van der Waals surface area contributed by atoms with Crippen LogP contribution in [-0.4, -0.2) is 63.6 Å². The molecule has 2 aliphatic rings. The van der Waals surface area contributed by atoms with E-state index in [0.29, 0.717) is 36.2 Å². The Bertz CT molecular complexity index is 1440. The van der Waals surface area contributed by atoms with Gasteiger partial charge in [-0.3, -0.25) is 0 Å². The van der Waals surface area contributed by atoms with Crippen molar-refractivity contribution in [1.82, 2.24) is 24.6 Å². The summed E-state index contributed by atoms with van der Waals surface area (Å²) in [6.45, 7) is 3.02. The van der Waals surface area contributed by atoms with Gasteiger partial charge in [-0.2, -0.15) is 0 Å². The highest BCUT2D eigenvalue weighted by Gasteiger charge is 2.36. The fourth-order valence-corrected chi connectivity index (χ4v) is 4.81. The average Bonchev–Trinajstić information content (AvgIpc) is 3.52. The number of halogens is 3. The molecule has 0 unspecified atom stereocenters. The molecule has 2 saturated heterocycles. The van der Waals surface area contributed by atoms with E-state index < -0.39 is 23.8 Å². The summed E-state index contributed by atoms with van der Waals surface area (Å²) in [5.41, 5.74) is 2.33. The molecule has 0 radical (unpaired) electrons. The van der Waals surface area contributed by atoms with Gasteiger partial charge in [0.1, 0.15) is 23.6 Å². The van der Waals surface area contributed by atoms with Crippen molar-refractivity contribution in [3.8, 4) is 0 Å². The third-order valence-corrected chi connectivity index (χ3v) is 6.67. The Labute approximate surface area is 211 Å². The van der Waals surface area contributed by atoms with Crippen molar-refractivity contribution < 1.29 is 17.9 Å². The van der Waals surface area contributed by atoms with E-state index in [1.54, 1.807) is 52.3 Å². The number of morpholine rings is 1. The molecule has 6 rings (SSSR count). The molecule has 0 aliphatic carbocycles. The van der Waals surface area contributed by atoms with Gasteiger partial charge in [-0.1, -0.05) is 0 Å². The minimum Gasteiger partial charge on any atom is -0.378 e. The monoisotopic (exact) mass is 507 g/mol. The van der Waals surface area contributed by atoms with Crippen LogP contribution < -0.4 is 9.80 Å². The molecule has 4 aromatic rings. The summed E-state index contributed by atoms with van der Waals surface area (Å²) in [5.74, 6) is -0.161. The molecule has 2 fully saturated rings. The van der Waals surface area contributed by atoms with Crippen molar-refractivity contribution in [3.05, 3.63) is 77.6 Å². The number of rotatable bonds is 5. The fourth-order valence-electron chi connectivity index (χ4n) is 4.81. The third kappa shape index (κ3) is 4.74. The number of hydrogen-bond donors (Lipinski definition) is 0. The molecular formula is C26H24F3N7O. The zero-order valence-electron chi connectivity index (χ0n) is 19.8. The second-order valence-electron chi connectivity index (χ2n) is 9.04. The Morgan fingerprint density at radius 1 is 0.946 bits per heavy atom. The topological polar surface area (TPSA) is 71.7 Å². The highest BCUT2D eigenvalue weighted by molar-refractivity contribution is 5.67. The maximum absolute atomic E-state index is 14.5. The molecule has 2 atom stereocenters. The maximum atomic E-state index is 14.5. The lowest BCUT2D eigenvalue weighted by Crippen LogP contribution is -2.36. The van der Waals surface area contributed by atoms with Crippen molar-refractivity contribution in [1.29, 1.82) is 0 Å². The number of alkyl halides is 1. The van der Waals surface area contributed by atoms with Crippen molar-refractivity contribution in [2.45, 2.75) is 18.6 Å². The van der Waals surface area contributed by atoms with Crippen LogP contribution in [0.5, 0.6) is 0 Å². The van der Waals surface area contributed by atoms with E-state index in [-0.39, 0.29) is 18.5 Å². The fraction of sp³-hybridized carbons (Fsp3) is 0.308. The molecule has 3 aromatic heterocycles. The van der Waals surface area contributed by atoms with E-state index in [1.807, 2.05) is 0 Å². The zero-order chi connectivity index (χ0) is 25.4. The zero-order valence-corrected chi connectivity index (χ0v) is 19.8. The van der Waals surface area contributed by atoms with Gasteiger partial charge >= 0.3 is 0 Å². The Morgan fingerprint density at radius 3 is 2.57 bits per heavy atom. The summed E-state index contributed by atoms with van der Waals surface area (Å²) < 4.78 is 49.9. The van der Waals surface area contributed by atoms with Gasteiger partial charge in [-0.05, 0) is 42.5 Å². The molecule has 2 aliphatic heterocycles. The lowest BCUT2D eigenvalue weighted by molar-refractivity contribution is 0.122. The summed E-state index contributed by atoms with van der Waals surface area (Å²) in [6, 6.07) is 6.05. The molecule has 37 heavy (non-hydrogen) atoms. The van der Waals surface area contributed by atoms with Crippen molar-refractivity contribution in [2.75, 3.05) is 42.6 Å². The standard InChI is InChI=1S/C26H24F3N7O/c27-17-1-3-22(29)21(11-17)23-12-18(28)16-35(23)26-6-5-25-32-13-19(36(25)33-26)2-4-24-30-14-20(15-31-24)34-7-9-37-10-8-34/h1-6,11,13-15,18,23H,7-10,12,16H2/b4-2+/t18-,23+/m0/s1. The van der Waals surface area contributed by atoms with Gasteiger partial charge in [-0.15, -0.1) is 5.10 Å². The smallest absolute Gasteiger partial charge is 0.154 e. The van der Waals surface area contributed by atoms with Crippen LogP contribution in [0.3, 0.4) is 0 Å². The third-order valence-electron chi connectivity index (χ3n) is 6.67. The van der Waals surface area contributed by atoms with Crippen molar-refractivity contribution >= 4 is 29.3 Å². The van der Waals surface area contributed by atoms with Crippen LogP contribution in [0.25, 0.3) is 17.8 Å². The summed E-state index contributed by atoms with van der Waals surface area (Å²) in [5, 5.41) is 4.65. The minimum atomic E-state index is -1.19. The predicted molar refractivity (Wildman–Crippen MR) is 133 cm³/mol. The first kappa shape index (κ1) is 23.4. The van der Waals surface area contributed by atoms with E-state index in [0.717, 1.165) is 37.0 Å². The molecule has 0 saturated carbocycles. The number of fused-ring (bicyclic) bond motifs is 1. The number of nitrogens with zero attached hydrogens (tertiary/aromatic N) is 7.